The van der Waals surface area contributed by atoms with Crippen molar-refractivity contribution in [1.29, 1.82) is 0 Å². The fourth-order valence-electron chi connectivity index (χ4n) is 3.40. The van der Waals surface area contributed by atoms with Gasteiger partial charge in [-0.1, -0.05) is 20.8 Å². The number of aryl methyl sites for hydroxylation is 1. The number of hydrogen-bond acceptors (Lipinski definition) is 6. The Labute approximate surface area is 171 Å². The maximum absolute atomic E-state index is 12.7. The van der Waals surface area contributed by atoms with E-state index in [1.807, 2.05) is 32.9 Å². The SMILES string of the molecule is CCc1cc(=O)[nH]c(-c2ccc(N3CCN(S(=O)(=O)N(CC)CC)CC3)nc2)n1. The molecule has 0 bridgehead atoms. The molecule has 29 heavy (non-hydrogen) atoms. The molecule has 1 aliphatic rings. The number of pyridine rings is 1. The standard InChI is InChI=1S/C19H28N6O3S/c1-4-16-13-18(26)22-19(21-16)15-7-8-17(20-14-15)23-9-11-25(12-10-23)29(27,28)24(5-2)6-3/h7-8,13-14H,4-6,9-12H2,1-3H3,(H,21,22,26). The third-order valence-corrected chi connectivity index (χ3v) is 7.29. The lowest BCUT2D eigenvalue weighted by molar-refractivity contribution is 0.333. The molecule has 0 amide bonds. The molecule has 3 rings (SSSR count). The topological polar surface area (TPSA) is 102 Å². The van der Waals surface area contributed by atoms with Gasteiger partial charge < -0.3 is 9.88 Å². The van der Waals surface area contributed by atoms with Crippen LogP contribution in [-0.2, 0) is 16.6 Å². The Morgan fingerprint density at radius 1 is 1.10 bits per heavy atom. The van der Waals surface area contributed by atoms with E-state index < -0.39 is 10.2 Å². The van der Waals surface area contributed by atoms with Gasteiger partial charge in [-0.2, -0.15) is 17.0 Å². The summed E-state index contributed by atoms with van der Waals surface area (Å²) in [6.45, 7) is 8.59. The highest BCUT2D eigenvalue weighted by molar-refractivity contribution is 7.86. The molecule has 158 valence electrons. The second-order valence-electron chi connectivity index (χ2n) is 6.82. The summed E-state index contributed by atoms with van der Waals surface area (Å²) in [7, 11) is -3.41. The average molecular weight is 421 g/mol. The fourth-order valence-corrected chi connectivity index (χ4v) is 5.00. The van der Waals surface area contributed by atoms with Gasteiger partial charge in [-0.25, -0.2) is 9.97 Å². The summed E-state index contributed by atoms with van der Waals surface area (Å²) < 4.78 is 28.3. The van der Waals surface area contributed by atoms with E-state index in [0.29, 0.717) is 51.5 Å². The summed E-state index contributed by atoms with van der Waals surface area (Å²) in [5.74, 6) is 1.28. The highest BCUT2D eigenvalue weighted by atomic mass is 32.2. The molecule has 1 aliphatic heterocycles. The van der Waals surface area contributed by atoms with E-state index in [9.17, 15) is 13.2 Å². The molecular weight excluding hydrogens is 392 g/mol. The maximum atomic E-state index is 12.7. The Morgan fingerprint density at radius 2 is 1.79 bits per heavy atom. The molecule has 2 aromatic rings. The first-order valence-electron chi connectivity index (χ1n) is 9.95. The van der Waals surface area contributed by atoms with E-state index in [1.54, 1.807) is 6.20 Å². The van der Waals surface area contributed by atoms with Crippen LogP contribution in [0.2, 0.25) is 0 Å². The van der Waals surface area contributed by atoms with Crippen molar-refractivity contribution in [2.75, 3.05) is 44.2 Å². The lowest BCUT2D eigenvalue weighted by Crippen LogP contribution is -2.53. The zero-order valence-electron chi connectivity index (χ0n) is 17.1. The van der Waals surface area contributed by atoms with Crippen LogP contribution < -0.4 is 10.5 Å². The summed E-state index contributed by atoms with van der Waals surface area (Å²) in [6.07, 6.45) is 2.37. The first kappa shape index (κ1) is 21.4. The summed E-state index contributed by atoms with van der Waals surface area (Å²) in [5.41, 5.74) is 1.30. The van der Waals surface area contributed by atoms with Gasteiger partial charge >= 0.3 is 0 Å². The van der Waals surface area contributed by atoms with Crippen molar-refractivity contribution in [3.8, 4) is 11.4 Å². The normalized spacial score (nSPS) is 15.8. The molecule has 0 spiro atoms. The molecule has 0 atom stereocenters. The van der Waals surface area contributed by atoms with Gasteiger partial charge in [-0.05, 0) is 18.6 Å². The van der Waals surface area contributed by atoms with E-state index in [-0.39, 0.29) is 5.56 Å². The van der Waals surface area contributed by atoms with Gasteiger partial charge in [0.1, 0.15) is 11.6 Å². The molecule has 10 heteroatoms. The number of nitrogens with one attached hydrogen (secondary N) is 1. The van der Waals surface area contributed by atoms with Crippen LogP contribution in [0.5, 0.6) is 0 Å². The van der Waals surface area contributed by atoms with E-state index >= 15 is 0 Å². The van der Waals surface area contributed by atoms with Crippen LogP contribution in [-0.4, -0.2) is 71.2 Å². The van der Waals surface area contributed by atoms with Gasteiger partial charge in [0, 0.05) is 62.8 Å². The monoisotopic (exact) mass is 420 g/mol. The van der Waals surface area contributed by atoms with Gasteiger partial charge in [0.25, 0.3) is 15.8 Å². The van der Waals surface area contributed by atoms with Crippen molar-refractivity contribution in [2.24, 2.45) is 0 Å². The highest BCUT2D eigenvalue weighted by Gasteiger charge is 2.31. The van der Waals surface area contributed by atoms with E-state index in [4.69, 9.17) is 0 Å². The van der Waals surface area contributed by atoms with Crippen LogP contribution in [0.15, 0.2) is 29.2 Å². The smallest absolute Gasteiger partial charge is 0.282 e. The predicted molar refractivity (Wildman–Crippen MR) is 113 cm³/mol. The van der Waals surface area contributed by atoms with Gasteiger partial charge in [0.05, 0.1) is 0 Å². The summed E-state index contributed by atoms with van der Waals surface area (Å²) in [6, 6.07) is 5.25. The molecule has 2 aromatic heterocycles. The van der Waals surface area contributed by atoms with E-state index in [2.05, 4.69) is 19.9 Å². The van der Waals surface area contributed by atoms with Gasteiger partial charge in [0.2, 0.25) is 0 Å². The quantitative estimate of drug-likeness (QED) is 0.720. The molecule has 3 heterocycles. The first-order chi connectivity index (χ1) is 13.9. The van der Waals surface area contributed by atoms with Gasteiger partial charge in [-0.15, -0.1) is 0 Å². The van der Waals surface area contributed by atoms with Crippen LogP contribution in [0.1, 0.15) is 26.5 Å². The third-order valence-electron chi connectivity index (χ3n) is 5.10. The second kappa shape index (κ2) is 9.02. The molecule has 9 nitrogen and oxygen atoms in total. The minimum absolute atomic E-state index is 0.179. The van der Waals surface area contributed by atoms with Crippen LogP contribution in [0.4, 0.5) is 5.82 Å². The number of anilines is 1. The molecule has 1 N–H and O–H groups in total. The Balaban J connectivity index is 1.70. The number of aromatic amines is 1. The minimum atomic E-state index is -3.41. The Hall–Kier alpha value is -2.30. The Kier molecular flexibility index (Phi) is 6.66. The second-order valence-corrected chi connectivity index (χ2v) is 8.75. The number of hydrogen-bond donors (Lipinski definition) is 1. The van der Waals surface area contributed by atoms with E-state index in [1.165, 1.54) is 14.7 Å². The molecule has 0 radical (unpaired) electrons. The molecule has 0 saturated carbocycles. The minimum Gasteiger partial charge on any atom is -0.354 e. The molecule has 0 unspecified atom stereocenters. The van der Waals surface area contributed by atoms with Crippen molar-refractivity contribution in [3.63, 3.8) is 0 Å². The van der Waals surface area contributed by atoms with E-state index in [0.717, 1.165) is 17.1 Å². The maximum Gasteiger partial charge on any atom is 0.282 e. The lowest BCUT2D eigenvalue weighted by Gasteiger charge is -2.36. The number of piperazine rings is 1. The van der Waals surface area contributed by atoms with Gasteiger partial charge in [0.15, 0.2) is 0 Å². The average Bonchev–Trinajstić information content (AvgIpc) is 2.74. The third kappa shape index (κ3) is 4.65. The molecule has 0 aliphatic carbocycles. The van der Waals surface area contributed by atoms with Crippen molar-refractivity contribution < 1.29 is 8.42 Å². The van der Waals surface area contributed by atoms with Crippen LogP contribution in [0.3, 0.4) is 0 Å². The zero-order chi connectivity index (χ0) is 21.0. The zero-order valence-corrected chi connectivity index (χ0v) is 17.9. The summed E-state index contributed by atoms with van der Waals surface area (Å²) >= 11 is 0. The van der Waals surface area contributed by atoms with Crippen molar-refractivity contribution in [1.82, 2.24) is 23.6 Å². The number of H-pyrrole nitrogens is 1. The molecule has 1 saturated heterocycles. The summed E-state index contributed by atoms with van der Waals surface area (Å²) in [5, 5.41) is 0. The largest absolute Gasteiger partial charge is 0.354 e. The molecular formula is C19H28N6O3S. The molecule has 0 aromatic carbocycles. The number of nitrogens with zero attached hydrogens (tertiary/aromatic N) is 5. The molecule has 1 fully saturated rings. The predicted octanol–water partition coefficient (Wildman–Crippen LogP) is 1.10. The Bertz CT molecular complexity index is 978. The number of rotatable bonds is 7. The van der Waals surface area contributed by atoms with Crippen molar-refractivity contribution in [2.45, 2.75) is 27.2 Å². The Morgan fingerprint density at radius 3 is 2.34 bits per heavy atom. The van der Waals surface area contributed by atoms with Gasteiger partial charge in [-0.3, -0.25) is 4.79 Å². The lowest BCUT2D eigenvalue weighted by atomic mass is 10.2. The first-order valence-corrected chi connectivity index (χ1v) is 11.4. The van der Waals surface area contributed by atoms with Crippen LogP contribution >= 0.6 is 0 Å². The number of aromatic nitrogens is 3. The van der Waals surface area contributed by atoms with Crippen LogP contribution in [0, 0.1) is 0 Å². The fraction of sp³-hybridized carbons (Fsp3) is 0.526. The van der Waals surface area contributed by atoms with Crippen LogP contribution in [0.25, 0.3) is 11.4 Å². The highest BCUT2D eigenvalue weighted by Crippen LogP contribution is 2.20. The van der Waals surface area contributed by atoms with Crippen molar-refractivity contribution >= 4 is 16.0 Å². The van der Waals surface area contributed by atoms with Crippen molar-refractivity contribution in [3.05, 3.63) is 40.4 Å². The summed E-state index contributed by atoms with van der Waals surface area (Å²) in [4.78, 5) is 25.5.